The molecule has 1 atom stereocenters. The number of tetrazole rings is 1. The molecule has 0 saturated carbocycles. The molecule has 11 heteroatoms. The standard InChI is InChI=1S/C26H23ClN8O2/c27-18-11-12-23(35-16-29-33-34-35)17(14-18)10-13-25(37)31-21-8-2-1-3-9-24(36)30-20-7-5-4-6-19(20)22-15-28-26(21)32-22/h1-2,4-7,10-16,21H,3,8-9H2,(H,28,32)(H,30,36)(H,31,37)/b2-1+,13-10+/t21-/m0/s1. The summed E-state index contributed by atoms with van der Waals surface area (Å²) in [6.45, 7) is 0. The first-order chi connectivity index (χ1) is 18.1. The Morgan fingerprint density at radius 3 is 2.95 bits per heavy atom. The second-order valence-corrected chi connectivity index (χ2v) is 8.80. The summed E-state index contributed by atoms with van der Waals surface area (Å²) in [5, 5.41) is 17.8. The van der Waals surface area contributed by atoms with Crippen LogP contribution in [0.5, 0.6) is 0 Å². The Morgan fingerprint density at radius 2 is 2.08 bits per heavy atom. The van der Waals surface area contributed by atoms with Crippen LogP contribution in [0.4, 0.5) is 5.69 Å². The number of aromatic nitrogens is 6. The molecule has 1 aliphatic heterocycles. The number of carbonyl (C=O) groups is 2. The molecule has 2 aromatic carbocycles. The van der Waals surface area contributed by atoms with Crippen molar-refractivity contribution in [1.82, 2.24) is 35.5 Å². The molecule has 186 valence electrons. The lowest BCUT2D eigenvalue weighted by Gasteiger charge is -2.14. The summed E-state index contributed by atoms with van der Waals surface area (Å²) < 4.78 is 1.50. The van der Waals surface area contributed by atoms with E-state index in [-0.39, 0.29) is 11.8 Å². The van der Waals surface area contributed by atoms with Crippen molar-refractivity contribution in [3.05, 3.63) is 89.6 Å². The lowest BCUT2D eigenvalue weighted by molar-refractivity contribution is -0.117. The highest BCUT2D eigenvalue weighted by molar-refractivity contribution is 6.30. The Bertz CT molecular complexity index is 1480. The van der Waals surface area contributed by atoms with E-state index in [2.05, 4.69) is 31.1 Å². The van der Waals surface area contributed by atoms with Crippen molar-refractivity contribution in [2.75, 3.05) is 5.32 Å². The summed E-state index contributed by atoms with van der Waals surface area (Å²) in [6, 6.07) is 12.3. The van der Waals surface area contributed by atoms with Gasteiger partial charge in [-0.3, -0.25) is 9.59 Å². The number of amides is 2. The number of rotatable bonds is 4. The number of H-pyrrole nitrogens is 1. The fourth-order valence-corrected chi connectivity index (χ4v) is 4.19. The predicted molar refractivity (Wildman–Crippen MR) is 140 cm³/mol. The van der Waals surface area contributed by atoms with Gasteiger partial charge in [-0.25, -0.2) is 4.98 Å². The SMILES string of the molecule is O=C(/C=C/c1cc(Cl)ccc1-n1cnnn1)N[C@H]1C/C=C/CCC(=O)Nc2ccccc2-c2c[nH]c1n2. The van der Waals surface area contributed by atoms with Gasteiger partial charge in [0, 0.05) is 34.8 Å². The smallest absolute Gasteiger partial charge is 0.244 e. The van der Waals surface area contributed by atoms with Crippen molar-refractivity contribution in [1.29, 1.82) is 0 Å². The van der Waals surface area contributed by atoms with Gasteiger partial charge in [0.1, 0.15) is 12.2 Å². The molecule has 2 amide bonds. The zero-order chi connectivity index (χ0) is 25.6. The number of para-hydroxylation sites is 1. The highest BCUT2D eigenvalue weighted by atomic mass is 35.5. The maximum Gasteiger partial charge on any atom is 0.244 e. The van der Waals surface area contributed by atoms with E-state index >= 15 is 0 Å². The van der Waals surface area contributed by atoms with Gasteiger partial charge in [-0.1, -0.05) is 42.0 Å². The van der Waals surface area contributed by atoms with Crippen molar-refractivity contribution in [3.8, 4) is 16.9 Å². The van der Waals surface area contributed by atoms with Crippen molar-refractivity contribution < 1.29 is 9.59 Å². The maximum atomic E-state index is 13.0. The molecule has 5 rings (SSSR count). The number of nitrogens with one attached hydrogen (secondary N) is 3. The van der Waals surface area contributed by atoms with Crippen LogP contribution in [-0.2, 0) is 9.59 Å². The molecule has 2 bridgehead atoms. The van der Waals surface area contributed by atoms with Gasteiger partial charge in [0.15, 0.2) is 0 Å². The van der Waals surface area contributed by atoms with E-state index in [0.717, 1.165) is 5.56 Å². The highest BCUT2D eigenvalue weighted by Gasteiger charge is 2.18. The molecule has 1 aliphatic rings. The number of hydrogen-bond acceptors (Lipinski definition) is 6. The largest absolute Gasteiger partial charge is 0.346 e. The molecule has 0 spiro atoms. The molecule has 10 nitrogen and oxygen atoms in total. The quantitative estimate of drug-likeness (QED) is 0.275. The van der Waals surface area contributed by atoms with E-state index in [9.17, 15) is 9.59 Å². The monoisotopic (exact) mass is 514 g/mol. The number of hydrogen-bond donors (Lipinski definition) is 3. The number of aromatic amines is 1. The average Bonchev–Trinajstić information content (AvgIpc) is 3.60. The van der Waals surface area contributed by atoms with E-state index in [1.165, 1.54) is 17.1 Å². The fourth-order valence-electron chi connectivity index (χ4n) is 4.01. The minimum Gasteiger partial charge on any atom is -0.346 e. The molecule has 4 aromatic rings. The van der Waals surface area contributed by atoms with Crippen LogP contribution in [0.3, 0.4) is 0 Å². The van der Waals surface area contributed by atoms with Crippen LogP contribution in [-0.4, -0.2) is 42.0 Å². The molecule has 0 fully saturated rings. The van der Waals surface area contributed by atoms with Gasteiger partial charge in [0.2, 0.25) is 11.8 Å². The average molecular weight is 515 g/mol. The van der Waals surface area contributed by atoms with Gasteiger partial charge in [-0.15, -0.1) is 5.10 Å². The fraction of sp³-hybridized carbons (Fsp3) is 0.154. The molecule has 0 radical (unpaired) electrons. The summed E-state index contributed by atoms with van der Waals surface area (Å²) in [5.74, 6) is 0.239. The van der Waals surface area contributed by atoms with Crippen LogP contribution in [0.2, 0.25) is 5.02 Å². The van der Waals surface area contributed by atoms with Gasteiger partial charge in [0.05, 0.1) is 23.1 Å². The van der Waals surface area contributed by atoms with E-state index in [4.69, 9.17) is 16.6 Å². The van der Waals surface area contributed by atoms with Crippen LogP contribution < -0.4 is 10.6 Å². The van der Waals surface area contributed by atoms with Crippen molar-refractivity contribution >= 4 is 35.2 Å². The number of allylic oxidation sites excluding steroid dienone is 1. The van der Waals surface area contributed by atoms with Crippen molar-refractivity contribution in [2.24, 2.45) is 0 Å². The summed E-state index contributed by atoms with van der Waals surface area (Å²) in [5.41, 5.74) is 3.53. The Hall–Kier alpha value is -4.57. The van der Waals surface area contributed by atoms with Crippen molar-refractivity contribution in [3.63, 3.8) is 0 Å². The molecular weight excluding hydrogens is 492 g/mol. The zero-order valence-electron chi connectivity index (χ0n) is 19.6. The van der Waals surface area contributed by atoms with E-state index in [0.29, 0.717) is 52.7 Å². The highest BCUT2D eigenvalue weighted by Crippen LogP contribution is 2.28. The summed E-state index contributed by atoms with van der Waals surface area (Å²) in [7, 11) is 0. The second kappa shape index (κ2) is 11.0. The Labute approximate surface area is 217 Å². The minimum atomic E-state index is -0.405. The molecule has 0 saturated heterocycles. The number of benzene rings is 2. The van der Waals surface area contributed by atoms with Crippen LogP contribution >= 0.6 is 11.6 Å². The van der Waals surface area contributed by atoms with Crippen LogP contribution in [0, 0.1) is 0 Å². The number of carbonyl (C=O) groups excluding carboxylic acids is 2. The third kappa shape index (κ3) is 5.81. The maximum absolute atomic E-state index is 13.0. The lowest BCUT2D eigenvalue weighted by Crippen LogP contribution is -2.27. The van der Waals surface area contributed by atoms with Gasteiger partial charge >= 0.3 is 0 Å². The third-order valence-corrected chi connectivity index (χ3v) is 6.03. The number of fused-ring (bicyclic) bond motifs is 4. The first-order valence-electron chi connectivity index (χ1n) is 11.7. The van der Waals surface area contributed by atoms with Crippen LogP contribution in [0.15, 0.2) is 73.2 Å². The lowest BCUT2D eigenvalue weighted by atomic mass is 10.1. The summed E-state index contributed by atoms with van der Waals surface area (Å²) in [4.78, 5) is 33.2. The number of halogens is 1. The topological polar surface area (TPSA) is 130 Å². The van der Waals surface area contributed by atoms with Gasteiger partial charge in [0.25, 0.3) is 0 Å². The predicted octanol–water partition coefficient (Wildman–Crippen LogP) is 4.26. The van der Waals surface area contributed by atoms with Gasteiger partial charge in [-0.2, -0.15) is 4.68 Å². The summed E-state index contributed by atoms with van der Waals surface area (Å²) in [6.07, 6.45) is 11.7. The molecule has 37 heavy (non-hydrogen) atoms. The molecule has 0 unspecified atom stereocenters. The number of nitrogens with zero attached hydrogens (tertiary/aromatic N) is 5. The Kier molecular flexibility index (Phi) is 7.18. The number of imidazole rings is 1. The van der Waals surface area contributed by atoms with Crippen molar-refractivity contribution in [2.45, 2.75) is 25.3 Å². The second-order valence-electron chi connectivity index (χ2n) is 8.36. The first-order valence-corrected chi connectivity index (χ1v) is 12.1. The van der Waals surface area contributed by atoms with E-state index in [1.54, 1.807) is 30.5 Å². The van der Waals surface area contributed by atoms with Crippen LogP contribution in [0.25, 0.3) is 23.0 Å². The third-order valence-electron chi connectivity index (χ3n) is 5.80. The van der Waals surface area contributed by atoms with Gasteiger partial charge < -0.3 is 15.6 Å². The van der Waals surface area contributed by atoms with Gasteiger partial charge in [-0.05, 0) is 53.6 Å². The zero-order valence-corrected chi connectivity index (χ0v) is 20.4. The molecular formula is C26H23ClN8O2. The molecule has 3 heterocycles. The van der Waals surface area contributed by atoms with E-state index < -0.39 is 6.04 Å². The molecule has 2 aromatic heterocycles. The Balaban J connectivity index is 1.39. The first kappa shape index (κ1) is 24.1. The molecule has 0 aliphatic carbocycles. The van der Waals surface area contributed by atoms with E-state index in [1.807, 2.05) is 36.4 Å². The minimum absolute atomic E-state index is 0.0656. The summed E-state index contributed by atoms with van der Waals surface area (Å²) >= 11 is 6.18. The van der Waals surface area contributed by atoms with Crippen LogP contribution in [0.1, 0.15) is 36.7 Å². The number of anilines is 1. The normalized spacial score (nSPS) is 16.7. The Morgan fingerprint density at radius 1 is 1.19 bits per heavy atom. The molecule has 3 N–H and O–H groups in total.